The smallest absolute Gasteiger partial charge is 0.231 e. The third kappa shape index (κ3) is 3.47. The molecule has 0 radical (unpaired) electrons. The monoisotopic (exact) mass is 415 g/mol. The molecule has 7 nitrogen and oxygen atoms in total. The number of likely N-dealkylation sites (tertiary alicyclic amines) is 2. The fourth-order valence-corrected chi connectivity index (χ4v) is 5.27. The van der Waals surface area contributed by atoms with Crippen LogP contribution in [-0.4, -0.2) is 55.8 Å². The van der Waals surface area contributed by atoms with Gasteiger partial charge in [0.1, 0.15) is 0 Å². The minimum Gasteiger partial charge on any atom is -0.341 e. The Labute approximate surface area is 175 Å². The number of hydrogen-bond acceptors (Lipinski definition) is 5. The van der Waals surface area contributed by atoms with E-state index in [1.807, 2.05) is 35.4 Å². The molecule has 0 bridgehead atoms. The van der Waals surface area contributed by atoms with Crippen LogP contribution in [0.5, 0.6) is 0 Å². The standard InChI is InChI=1S/C21H29N5O2S/c1-5-19(27)25-9-17(18-10-26(13-22-18)14(2)3)21(12-25)6-7-24(20(21)28)8-16-11-29-15(4)23-16/h10-11,13-14,17H,5-9,12H2,1-4H3. The van der Waals surface area contributed by atoms with Gasteiger partial charge in [-0.25, -0.2) is 9.97 Å². The summed E-state index contributed by atoms with van der Waals surface area (Å²) >= 11 is 1.61. The number of carbonyl (C=O) groups excluding carboxylic acids is 2. The molecule has 2 aliphatic heterocycles. The Morgan fingerprint density at radius 1 is 1.41 bits per heavy atom. The van der Waals surface area contributed by atoms with Crippen LogP contribution in [0.15, 0.2) is 17.9 Å². The molecule has 2 fully saturated rings. The molecule has 2 amide bonds. The second kappa shape index (κ2) is 7.55. The van der Waals surface area contributed by atoms with Crippen molar-refractivity contribution in [2.45, 2.75) is 59.0 Å². The molecule has 0 aromatic carbocycles. The molecule has 8 heteroatoms. The molecule has 2 aromatic heterocycles. The van der Waals surface area contributed by atoms with Crippen LogP contribution in [0.1, 0.15) is 62.0 Å². The van der Waals surface area contributed by atoms with Gasteiger partial charge >= 0.3 is 0 Å². The van der Waals surface area contributed by atoms with E-state index in [9.17, 15) is 9.59 Å². The summed E-state index contributed by atoms with van der Waals surface area (Å²) < 4.78 is 2.07. The Morgan fingerprint density at radius 3 is 2.83 bits per heavy atom. The maximum Gasteiger partial charge on any atom is 0.231 e. The summed E-state index contributed by atoms with van der Waals surface area (Å²) in [5, 5.41) is 3.04. The van der Waals surface area contributed by atoms with E-state index in [4.69, 9.17) is 0 Å². The van der Waals surface area contributed by atoms with Crippen molar-refractivity contribution in [3.05, 3.63) is 34.3 Å². The van der Waals surface area contributed by atoms with Gasteiger partial charge in [-0.1, -0.05) is 6.92 Å². The van der Waals surface area contributed by atoms with Crippen LogP contribution in [0.4, 0.5) is 0 Å². The molecule has 0 N–H and O–H groups in total. The zero-order chi connectivity index (χ0) is 20.8. The van der Waals surface area contributed by atoms with Gasteiger partial charge < -0.3 is 14.4 Å². The fourth-order valence-electron chi connectivity index (χ4n) is 4.67. The van der Waals surface area contributed by atoms with Gasteiger partial charge in [0.15, 0.2) is 0 Å². The zero-order valence-corrected chi connectivity index (χ0v) is 18.4. The van der Waals surface area contributed by atoms with E-state index in [2.05, 4.69) is 34.6 Å². The van der Waals surface area contributed by atoms with Crippen molar-refractivity contribution in [2.75, 3.05) is 19.6 Å². The predicted octanol–water partition coefficient (Wildman–Crippen LogP) is 2.98. The van der Waals surface area contributed by atoms with Crippen molar-refractivity contribution in [3.63, 3.8) is 0 Å². The molecule has 0 saturated carbocycles. The largest absolute Gasteiger partial charge is 0.341 e. The molecule has 2 aliphatic rings. The van der Waals surface area contributed by atoms with Crippen molar-refractivity contribution in [1.29, 1.82) is 0 Å². The summed E-state index contributed by atoms with van der Waals surface area (Å²) in [6.07, 6.45) is 5.10. The van der Waals surface area contributed by atoms with Crippen molar-refractivity contribution >= 4 is 23.2 Å². The minimum atomic E-state index is -0.577. The van der Waals surface area contributed by atoms with Gasteiger partial charge in [0.2, 0.25) is 11.8 Å². The molecule has 1 spiro atoms. The second-order valence-electron chi connectivity index (χ2n) is 8.51. The van der Waals surface area contributed by atoms with E-state index in [-0.39, 0.29) is 17.7 Å². The van der Waals surface area contributed by atoms with Gasteiger partial charge in [-0.2, -0.15) is 0 Å². The molecule has 0 aliphatic carbocycles. The van der Waals surface area contributed by atoms with E-state index in [0.717, 1.165) is 22.8 Å². The molecule has 156 valence electrons. The lowest BCUT2D eigenvalue weighted by molar-refractivity contribution is -0.137. The van der Waals surface area contributed by atoms with E-state index >= 15 is 0 Å². The molecular formula is C21H29N5O2S. The average Bonchev–Trinajstić information content (AvgIpc) is 3.46. The van der Waals surface area contributed by atoms with Crippen LogP contribution in [0.3, 0.4) is 0 Å². The van der Waals surface area contributed by atoms with Crippen LogP contribution in [-0.2, 0) is 16.1 Å². The van der Waals surface area contributed by atoms with E-state index < -0.39 is 5.41 Å². The number of rotatable bonds is 5. The number of imidazole rings is 1. The Kier molecular flexibility index (Phi) is 5.23. The van der Waals surface area contributed by atoms with E-state index in [1.165, 1.54) is 0 Å². The summed E-state index contributed by atoms with van der Waals surface area (Å²) in [7, 11) is 0. The Morgan fingerprint density at radius 2 is 2.21 bits per heavy atom. The molecule has 29 heavy (non-hydrogen) atoms. The van der Waals surface area contributed by atoms with E-state index in [1.54, 1.807) is 11.3 Å². The molecular weight excluding hydrogens is 386 g/mol. The minimum absolute atomic E-state index is 0.0623. The average molecular weight is 416 g/mol. The van der Waals surface area contributed by atoms with Gasteiger partial charge in [0, 0.05) is 49.6 Å². The zero-order valence-electron chi connectivity index (χ0n) is 17.6. The number of carbonyl (C=O) groups is 2. The lowest BCUT2D eigenvalue weighted by Crippen LogP contribution is -2.40. The van der Waals surface area contributed by atoms with Gasteiger partial charge in [0.05, 0.1) is 34.7 Å². The lowest BCUT2D eigenvalue weighted by atomic mass is 9.75. The summed E-state index contributed by atoms with van der Waals surface area (Å²) in [6.45, 7) is 10.4. The first-order valence-electron chi connectivity index (χ1n) is 10.4. The van der Waals surface area contributed by atoms with Crippen LogP contribution >= 0.6 is 11.3 Å². The van der Waals surface area contributed by atoms with Crippen molar-refractivity contribution in [3.8, 4) is 0 Å². The number of nitrogens with zero attached hydrogens (tertiary/aromatic N) is 5. The fraction of sp³-hybridized carbons (Fsp3) is 0.619. The summed E-state index contributed by atoms with van der Waals surface area (Å²) in [5.41, 5.74) is 1.29. The number of amides is 2. The third-order valence-corrected chi connectivity index (χ3v) is 7.16. The van der Waals surface area contributed by atoms with Crippen LogP contribution < -0.4 is 0 Å². The van der Waals surface area contributed by atoms with Crippen LogP contribution in [0.2, 0.25) is 0 Å². The van der Waals surface area contributed by atoms with Gasteiger partial charge in [0.25, 0.3) is 0 Å². The lowest BCUT2D eigenvalue weighted by Gasteiger charge is -2.27. The summed E-state index contributed by atoms with van der Waals surface area (Å²) in [5.74, 6) is 0.183. The Hall–Kier alpha value is -2.22. The maximum absolute atomic E-state index is 13.7. The molecule has 2 saturated heterocycles. The predicted molar refractivity (Wildman–Crippen MR) is 112 cm³/mol. The van der Waals surface area contributed by atoms with Crippen molar-refractivity contribution < 1.29 is 9.59 Å². The first kappa shape index (κ1) is 20.1. The molecule has 2 atom stereocenters. The summed E-state index contributed by atoms with van der Waals surface area (Å²) in [6, 6.07) is 0.311. The summed E-state index contributed by atoms with van der Waals surface area (Å²) in [4.78, 5) is 39.1. The topological polar surface area (TPSA) is 71.3 Å². The normalized spacial score (nSPS) is 24.4. The van der Waals surface area contributed by atoms with Gasteiger partial charge in [-0.3, -0.25) is 9.59 Å². The SMILES string of the molecule is CCC(=O)N1CC(c2cn(C(C)C)cn2)C2(CCN(Cc3csc(C)n3)C2=O)C1. The first-order valence-corrected chi connectivity index (χ1v) is 11.2. The highest BCUT2D eigenvalue weighted by molar-refractivity contribution is 7.09. The highest BCUT2D eigenvalue weighted by atomic mass is 32.1. The third-order valence-electron chi connectivity index (χ3n) is 6.33. The second-order valence-corrected chi connectivity index (χ2v) is 9.57. The quantitative estimate of drug-likeness (QED) is 0.753. The van der Waals surface area contributed by atoms with E-state index in [0.29, 0.717) is 38.6 Å². The van der Waals surface area contributed by atoms with Crippen molar-refractivity contribution in [2.24, 2.45) is 5.41 Å². The van der Waals surface area contributed by atoms with Crippen LogP contribution in [0.25, 0.3) is 0 Å². The number of aromatic nitrogens is 3. The van der Waals surface area contributed by atoms with Crippen LogP contribution in [0, 0.1) is 12.3 Å². The maximum atomic E-state index is 13.7. The van der Waals surface area contributed by atoms with Gasteiger partial charge in [-0.15, -0.1) is 11.3 Å². The number of thiazole rings is 1. The number of aryl methyl sites for hydroxylation is 1. The molecule has 4 heterocycles. The first-order chi connectivity index (χ1) is 13.8. The Balaban J connectivity index is 1.64. The molecule has 2 unspecified atom stereocenters. The van der Waals surface area contributed by atoms with Crippen molar-refractivity contribution in [1.82, 2.24) is 24.3 Å². The number of hydrogen-bond donors (Lipinski definition) is 0. The highest BCUT2D eigenvalue weighted by Gasteiger charge is 2.58. The highest BCUT2D eigenvalue weighted by Crippen LogP contribution is 2.50. The Bertz CT molecular complexity index is 920. The molecule has 2 aromatic rings. The van der Waals surface area contributed by atoms with Gasteiger partial charge in [-0.05, 0) is 27.2 Å². The molecule has 4 rings (SSSR count).